The van der Waals surface area contributed by atoms with Crippen LogP contribution in [0.2, 0.25) is 0 Å². The predicted molar refractivity (Wildman–Crippen MR) is 211 cm³/mol. The number of aromatic nitrogens is 4. The SMILES string of the molecule is Cc1cccc2[n+]1C(C1c3ccccc3-c3cccc(C)[n+]3C13C[n+]1ccccc1-c1cc4c5ccccc5n(CC(C)C)c4cc13)c1ccccc1-2. The van der Waals surface area contributed by atoms with Crippen molar-refractivity contribution in [1.82, 2.24) is 4.57 Å². The molecular weight excluding hydrogens is 645 g/mol. The highest BCUT2D eigenvalue weighted by atomic mass is 15.2. The van der Waals surface area contributed by atoms with Crippen molar-refractivity contribution < 1.29 is 13.7 Å². The summed E-state index contributed by atoms with van der Waals surface area (Å²) in [6, 6.07) is 53.3. The summed E-state index contributed by atoms with van der Waals surface area (Å²) in [4.78, 5) is 0. The van der Waals surface area contributed by atoms with E-state index in [0.717, 1.165) is 13.1 Å². The summed E-state index contributed by atoms with van der Waals surface area (Å²) in [5, 5.41) is 2.66. The molecule has 1 spiro atoms. The van der Waals surface area contributed by atoms with Gasteiger partial charge in [-0.1, -0.05) is 68.4 Å². The second kappa shape index (κ2) is 11.1. The molecule has 4 aromatic carbocycles. The Kier molecular flexibility index (Phi) is 6.42. The van der Waals surface area contributed by atoms with Crippen LogP contribution in [0.5, 0.6) is 0 Å². The van der Waals surface area contributed by atoms with Crippen molar-refractivity contribution in [3.63, 3.8) is 0 Å². The zero-order valence-corrected chi connectivity index (χ0v) is 30.8. The van der Waals surface area contributed by atoms with E-state index in [1.54, 1.807) is 0 Å². The molecule has 0 saturated heterocycles. The van der Waals surface area contributed by atoms with Gasteiger partial charge in [0, 0.05) is 89.7 Å². The van der Waals surface area contributed by atoms with Gasteiger partial charge in [0.15, 0.2) is 23.6 Å². The van der Waals surface area contributed by atoms with Gasteiger partial charge in [-0.2, -0.15) is 13.7 Å². The summed E-state index contributed by atoms with van der Waals surface area (Å²) < 4.78 is 10.6. The topological polar surface area (TPSA) is 16.6 Å². The van der Waals surface area contributed by atoms with Gasteiger partial charge in [-0.15, -0.1) is 0 Å². The summed E-state index contributed by atoms with van der Waals surface area (Å²) in [7, 11) is 0. The summed E-state index contributed by atoms with van der Waals surface area (Å²) in [6.45, 7) is 11.1. The Morgan fingerprint density at radius 3 is 2.13 bits per heavy atom. The van der Waals surface area contributed by atoms with Gasteiger partial charge >= 0.3 is 0 Å². The van der Waals surface area contributed by atoms with Gasteiger partial charge in [0.2, 0.25) is 23.6 Å². The third-order valence-electron chi connectivity index (χ3n) is 12.6. The van der Waals surface area contributed by atoms with E-state index < -0.39 is 5.54 Å². The number of fused-ring (bicyclic) bond motifs is 14. The minimum Gasteiger partial charge on any atom is -0.340 e. The summed E-state index contributed by atoms with van der Waals surface area (Å²) in [5.74, 6) is 0.568. The van der Waals surface area contributed by atoms with Crippen LogP contribution in [0.15, 0.2) is 146 Å². The summed E-state index contributed by atoms with van der Waals surface area (Å²) in [5.41, 5.74) is 16.8. The van der Waals surface area contributed by atoms with Crippen LogP contribution in [0.25, 0.3) is 55.6 Å². The molecule has 3 atom stereocenters. The highest BCUT2D eigenvalue weighted by molar-refractivity contribution is 6.09. The normalized spacial score (nSPS) is 19.2. The van der Waals surface area contributed by atoms with Crippen molar-refractivity contribution in [3.8, 4) is 33.8 Å². The van der Waals surface area contributed by atoms with Crippen molar-refractivity contribution in [1.29, 1.82) is 0 Å². The maximum absolute atomic E-state index is 2.75. The molecule has 0 saturated carbocycles. The second-order valence-electron chi connectivity index (χ2n) is 16.0. The lowest BCUT2D eigenvalue weighted by Gasteiger charge is -2.43. The first-order chi connectivity index (χ1) is 26.0. The monoisotopic (exact) mass is 687 g/mol. The molecule has 11 rings (SSSR count). The molecule has 4 aromatic heterocycles. The van der Waals surface area contributed by atoms with Crippen LogP contribution in [0, 0.1) is 19.8 Å². The first-order valence-corrected chi connectivity index (χ1v) is 19.2. The van der Waals surface area contributed by atoms with Gasteiger partial charge < -0.3 is 4.57 Å². The Hall–Kier alpha value is -5.87. The molecule has 3 aliphatic rings. The van der Waals surface area contributed by atoms with Gasteiger partial charge in [-0.3, -0.25) is 0 Å². The quantitative estimate of drug-likeness (QED) is 0.165. The number of hydrogen-bond donors (Lipinski definition) is 0. The lowest BCUT2D eigenvalue weighted by Crippen LogP contribution is -2.73. The molecule has 4 heteroatoms. The number of aryl methyl sites for hydroxylation is 2. The number of rotatable bonds is 3. The number of hydrogen-bond acceptors (Lipinski definition) is 0. The number of pyridine rings is 3. The number of para-hydroxylation sites is 1. The van der Waals surface area contributed by atoms with Gasteiger partial charge in [0.1, 0.15) is 5.92 Å². The molecule has 7 heterocycles. The lowest BCUT2D eigenvalue weighted by molar-refractivity contribution is -0.833. The zero-order valence-electron chi connectivity index (χ0n) is 30.8. The van der Waals surface area contributed by atoms with Crippen LogP contribution >= 0.6 is 0 Å². The van der Waals surface area contributed by atoms with E-state index in [2.05, 4.69) is 192 Å². The first kappa shape index (κ1) is 30.7. The third kappa shape index (κ3) is 4.04. The fraction of sp³-hybridized carbons (Fsp3) is 0.204. The first-order valence-electron chi connectivity index (χ1n) is 19.2. The van der Waals surface area contributed by atoms with E-state index in [0.29, 0.717) is 5.92 Å². The Labute approximate surface area is 310 Å². The van der Waals surface area contributed by atoms with Gasteiger partial charge in [0.25, 0.3) is 5.54 Å². The zero-order chi connectivity index (χ0) is 35.6. The molecule has 0 fully saturated rings. The Balaban J connectivity index is 1.34. The van der Waals surface area contributed by atoms with E-state index in [4.69, 9.17) is 0 Å². The molecule has 8 aromatic rings. The van der Waals surface area contributed by atoms with Crippen LogP contribution in [0.1, 0.15) is 53.9 Å². The summed E-state index contributed by atoms with van der Waals surface area (Å²) in [6.07, 6.45) is 2.32. The largest absolute Gasteiger partial charge is 0.340 e. The van der Waals surface area contributed by atoms with Crippen LogP contribution in [0.4, 0.5) is 0 Å². The minimum atomic E-state index is -0.481. The Morgan fingerprint density at radius 1 is 0.623 bits per heavy atom. The van der Waals surface area contributed by atoms with Crippen molar-refractivity contribution >= 4 is 21.8 Å². The molecule has 0 N–H and O–H groups in total. The fourth-order valence-electron chi connectivity index (χ4n) is 10.7. The van der Waals surface area contributed by atoms with Crippen molar-refractivity contribution in [2.24, 2.45) is 5.92 Å². The predicted octanol–water partition coefficient (Wildman–Crippen LogP) is 9.39. The minimum absolute atomic E-state index is 0.0609. The molecule has 0 bridgehead atoms. The van der Waals surface area contributed by atoms with E-state index >= 15 is 0 Å². The van der Waals surface area contributed by atoms with E-state index in [1.165, 1.54) is 83.7 Å². The van der Waals surface area contributed by atoms with Gasteiger partial charge in [-0.25, -0.2) is 0 Å². The average molecular weight is 688 g/mol. The van der Waals surface area contributed by atoms with Crippen LogP contribution < -0.4 is 13.7 Å². The molecule has 4 nitrogen and oxygen atoms in total. The van der Waals surface area contributed by atoms with Gasteiger partial charge in [0.05, 0.1) is 16.7 Å². The molecule has 3 aliphatic heterocycles. The standard InChI is InChI=1S/C49H43N4/c1-31(2)29-51-43-23-10-9-19-36(43)39-27-40-41(28-46(39)51)49(30-50-26-12-11-22-42(40)50)47(37-20-7-5-17-34(37)45-25-14-16-33(4)53(45)49)48-38-21-8-6-18-35(38)44-24-13-15-32(3)52(44)48/h5-28,31,47-48H,29-30H2,1-4H3/q+3. The highest BCUT2D eigenvalue weighted by Crippen LogP contribution is 2.57. The van der Waals surface area contributed by atoms with Crippen molar-refractivity contribution in [2.75, 3.05) is 0 Å². The molecule has 0 amide bonds. The number of benzene rings is 4. The Morgan fingerprint density at radius 2 is 1.30 bits per heavy atom. The fourth-order valence-corrected chi connectivity index (χ4v) is 10.7. The molecule has 3 unspecified atom stereocenters. The van der Waals surface area contributed by atoms with E-state index in [1.807, 2.05) is 0 Å². The maximum Gasteiger partial charge on any atom is 0.266 e. The molecular formula is C49H43N4+3. The maximum atomic E-state index is 2.75. The number of nitrogens with zero attached hydrogens (tertiary/aromatic N) is 4. The van der Waals surface area contributed by atoms with E-state index in [-0.39, 0.29) is 12.0 Å². The molecule has 53 heavy (non-hydrogen) atoms. The molecule has 0 aliphatic carbocycles. The smallest absolute Gasteiger partial charge is 0.266 e. The summed E-state index contributed by atoms with van der Waals surface area (Å²) >= 11 is 0. The average Bonchev–Trinajstić information content (AvgIpc) is 3.67. The highest BCUT2D eigenvalue weighted by Gasteiger charge is 2.67. The third-order valence-corrected chi connectivity index (χ3v) is 12.6. The van der Waals surface area contributed by atoms with Gasteiger partial charge in [-0.05, 0) is 60.0 Å². The van der Waals surface area contributed by atoms with E-state index in [9.17, 15) is 0 Å². The lowest BCUT2D eigenvalue weighted by atomic mass is 9.63. The Bertz CT molecular complexity index is 2820. The van der Waals surface area contributed by atoms with Crippen molar-refractivity contribution in [2.45, 2.75) is 58.3 Å². The van der Waals surface area contributed by atoms with Crippen LogP contribution in [0.3, 0.4) is 0 Å². The molecule has 0 radical (unpaired) electrons. The molecule has 256 valence electrons. The van der Waals surface area contributed by atoms with Crippen LogP contribution in [-0.2, 0) is 18.6 Å². The van der Waals surface area contributed by atoms with Crippen LogP contribution in [-0.4, -0.2) is 4.57 Å². The van der Waals surface area contributed by atoms with Crippen molar-refractivity contribution in [3.05, 3.63) is 174 Å². The second-order valence-corrected chi connectivity index (χ2v) is 16.0.